The number of nitrogens with one attached hydrogen (secondary N) is 1. The summed E-state index contributed by atoms with van der Waals surface area (Å²) in [6.45, 7) is 1.66. The van der Waals surface area contributed by atoms with Crippen LogP contribution in [0.15, 0.2) is 54.6 Å². The summed E-state index contributed by atoms with van der Waals surface area (Å²) in [6, 6.07) is 15.5. The molecule has 3 amide bonds. The second-order valence-electron chi connectivity index (χ2n) is 6.23. The predicted octanol–water partition coefficient (Wildman–Crippen LogP) is 3.27. The van der Waals surface area contributed by atoms with Gasteiger partial charge in [0.15, 0.2) is 0 Å². The summed E-state index contributed by atoms with van der Waals surface area (Å²) in [5.74, 6) is -0.734. The van der Waals surface area contributed by atoms with Crippen LogP contribution in [0.2, 0.25) is 0 Å². The molecule has 0 radical (unpaired) electrons. The fraction of sp³-hybridized carbons (Fsp3) is 0.263. The van der Waals surface area contributed by atoms with Gasteiger partial charge in [-0.3, -0.25) is 9.69 Å². The summed E-state index contributed by atoms with van der Waals surface area (Å²) < 4.78 is 13.8. The maximum Gasteiger partial charge on any atom is 0.325 e. The summed E-state index contributed by atoms with van der Waals surface area (Å²) in [5.41, 5.74) is 0.472. The molecule has 3 rings (SSSR count). The van der Waals surface area contributed by atoms with Gasteiger partial charge in [0.1, 0.15) is 11.4 Å². The predicted molar refractivity (Wildman–Crippen MR) is 88.6 cm³/mol. The number of hydrogen-bond donors (Lipinski definition) is 1. The van der Waals surface area contributed by atoms with Gasteiger partial charge >= 0.3 is 6.03 Å². The van der Waals surface area contributed by atoms with Crippen molar-refractivity contribution < 1.29 is 14.0 Å². The van der Waals surface area contributed by atoms with Crippen molar-refractivity contribution in [2.75, 3.05) is 0 Å². The number of imide groups is 1. The molecule has 1 unspecified atom stereocenters. The average Bonchev–Trinajstić information content (AvgIpc) is 2.80. The third-order valence-corrected chi connectivity index (χ3v) is 4.39. The molecular formula is C19H19FN2O2. The molecule has 124 valence electrons. The van der Waals surface area contributed by atoms with Crippen LogP contribution in [0, 0.1) is 5.82 Å². The summed E-state index contributed by atoms with van der Waals surface area (Å²) in [4.78, 5) is 26.0. The van der Waals surface area contributed by atoms with Crippen molar-refractivity contribution >= 4 is 11.9 Å². The Morgan fingerprint density at radius 3 is 2.42 bits per heavy atom. The fourth-order valence-corrected chi connectivity index (χ4v) is 2.90. The van der Waals surface area contributed by atoms with E-state index >= 15 is 0 Å². The zero-order chi connectivity index (χ0) is 17.2. The van der Waals surface area contributed by atoms with Crippen LogP contribution in [-0.2, 0) is 17.8 Å². The number of rotatable bonds is 5. The third kappa shape index (κ3) is 3.15. The SMILES string of the molecule is CC1(CCc2ccccc2)NC(=O)N(Cc2ccccc2F)C1=O. The van der Waals surface area contributed by atoms with Crippen LogP contribution in [0.1, 0.15) is 24.5 Å². The maximum absolute atomic E-state index is 13.8. The second-order valence-corrected chi connectivity index (χ2v) is 6.23. The standard InChI is InChI=1S/C19H19FN2O2/c1-19(12-11-14-7-3-2-4-8-14)17(23)22(18(24)21-19)13-15-9-5-6-10-16(15)20/h2-10H,11-13H2,1H3,(H,21,24). The molecule has 4 nitrogen and oxygen atoms in total. The quantitative estimate of drug-likeness (QED) is 0.857. The Hall–Kier alpha value is -2.69. The van der Waals surface area contributed by atoms with Crippen molar-refractivity contribution in [1.82, 2.24) is 10.2 Å². The van der Waals surface area contributed by atoms with Crippen molar-refractivity contribution in [3.8, 4) is 0 Å². The molecule has 1 atom stereocenters. The van der Waals surface area contributed by atoms with Crippen LogP contribution in [0.5, 0.6) is 0 Å². The molecule has 24 heavy (non-hydrogen) atoms. The lowest BCUT2D eigenvalue weighted by molar-refractivity contribution is -0.131. The van der Waals surface area contributed by atoms with Crippen molar-refractivity contribution in [3.63, 3.8) is 0 Å². The molecule has 1 aliphatic rings. The van der Waals surface area contributed by atoms with Gasteiger partial charge in [-0.2, -0.15) is 0 Å². The van der Waals surface area contributed by atoms with Gasteiger partial charge in [0.25, 0.3) is 5.91 Å². The van der Waals surface area contributed by atoms with Gasteiger partial charge in [0.2, 0.25) is 0 Å². The van der Waals surface area contributed by atoms with Crippen molar-refractivity contribution in [2.24, 2.45) is 0 Å². The van der Waals surface area contributed by atoms with E-state index in [1.807, 2.05) is 30.3 Å². The van der Waals surface area contributed by atoms with E-state index in [1.54, 1.807) is 25.1 Å². The number of hydrogen-bond acceptors (Lipinski definition) is 2. The minimum absolute atomic E-state index is 0.0573. The summed E-state index contributed by atoms with van der Waals surface area (Å²) in [5, 5.41) is 2.76. The molecule has 1 N–H and O–H groups in total. The molecule has 0 aliphatic carbocycles. The van der Waals surface area contributed by atoms with Crippen LogP contribution in [0.4, 0.5) is 9.18 Å². The molecule has 1 aliphatic heterocycles. The van der Waals surface area contributed by atoms with Gasteiger partial charge in [0, 0.05) is 5.56 Å². The molecule has 0 aromatic heterocycles. The molecule has 1 saturated heterocycles. The molecule has 5 heteroatoms. The first kappa shape index (κ1) is 16.2. The molecule has 0 saturated carbocycles. The van der Waals surface area contributed by atoms with Gasteiger partial charge in [-0.1, -0.05) is 48.5 Å². The zero-order valence-electron chi connectivity index (χ0n) is 13.5. The largest absolute Gasteiger partial charge is 0.325 e. The maximum atomic E-state index is 13.8. The number of carbonyl (C=O) groups excluding carboxylic acids is 2. The number of halogens is 1. The van der Waals surface area contributed by atoms with E-state index in [4.69, 9.17) is 0 Å². The summed E-state index contributed by atoms with van der Waals surface area (Å²) >= 11 is 0. The molecule has 1 heterocycles. The number of amides is 3. The molecule has 2 aromatic rings. The molecule has 2 aromatic carbocycles. The van der Waals surface area contributed by atoms with Gasteiger partial charge in [-0.25, -0.2) is 9.18 Å². The minimum atomic E-state index is -0.960. The van der Waals surface area contributed by atoms with Gasteiger partial charge in [-0.05, 0) is 31.4 Å². The Bertz CT molecular complexity index is 763. The second kappa shape index (κ2) is 6.43. The van der Waals surface area contributed by atoms with E-state index in [9.17, 15) is 14.0 Å². The summed E-state index contributed by atoms with van der Waals surface area (Å²) in [6.07, 6.45) is 1.17. The monoisotopic (exact) mass is 326 g/mol. The van der Waals surface area contributed by atoms with Crippen molar-refractivity contribution in [1.29, 1.82) is 0 Å². The van der Waals surface area contributed by atoms with E-state index in [0.29, 0.717) is 18.4 Å². The Balaban J connectivity index is 1.72. The number of benzene rings is 2. The molecule has 0 spiro atoms. The van der Waals surface area contributed by atoms with E-state index in [1.165, 1.54) is 6.07 Å². The van der Waals surface area contributed by atoms with Crippen molar-refractivity contribution in [3.05, 3.63) is 71.5 Å². The van der Waals surface area contributed by atoms with Gasteiger partial charge < -0.3 is 5.32 Å². The normalized spacial score (nSPS) is 20.3. The minimum Gasteiger partial charge on any atom is -0.323 e. The lowest BCUT2D eigenvalue weighted by Gasteiger charge is -2.21. The van der Waals surface area contributed by atoms with E-state index in [-0.39, 0.29) is 12.5 Å². The molecule has 1 fully saturated rings. The number of aryl methyl sites for hydroxylation is 1. The first-order valence-electron chi connectivity index (χ1n) is 7.91. The molecular weight excluding hydrogens is 307 g/mol. The van der Waals surface area contributed by atoms with Gasteiger partial charge in [0.05, 0.1) is 6.54 Å². The third-order valence-electron chi connectivity index (χ3n) is 4.39. The smallest absolute Gasteiger partial charge is 0.323 e. The average molecular weight is 326 g/mol. The molecule has 0 bridgehead atoms. The van der Waals surface area contributed by atoms with Crippen LogP contribution in [-0.4, -0.2) is 22.4 Å². The Morgan fingerprint density at radius 2 is 1.71 bits per heavy atom. The first-order valence-corrected chi connectivity index (χ1v) is 7.91. The van der Waals surface area contributed by atoms with E-state index in [2.05, 4.69) is 5.32 Å². The number of nitrogens with zero attached hydrogens (tertiary/aromatic N) is 1. The Labute approximate surface area is 140 Å². The van der Waals surface area contributed by atoms with Gasteiger partial charge in [-0.15, -0.1) is 0 Å². The van der Waals surface area contributed by atoms with E-state index < -0.39 is 17.4 Å². The highest BCUT2D eigenvalue weighted by molar-refractivity contribution is 6.06. The Morgan fingerprint density at radius 1 is 1.04 bits per heavy atom. The fourth-order valence-electron chi connectivity index (χ4n) is 2.90. The van der Waals surface area contributed by atoms with Crippen molar-refractivity contribution in [2.45, 2.75) is 31.8 Å². The van der Waals surface area contributed by atoms with Crippen LogP contribution in [0.3, 0.4) is 0 Å². The van der Waals surface area contributed by atoms with Crippen LogP contribution >= 0.6 is 0 Å². The highest BCUT2D eigenvalue weighted by Crippen LogP contribution is 2.25. The topological polar surface area (TPSA) is 49.4 Å². The highest BCUT2D eigenvalue weighted by atomic mass is 19.1. The summed E-state index contributed by atoms with van der Waals surface area (Å²) in [7, 11) is 0. The highest BCUT2D eigenvalue weighted by Gasteiger charge is 2.47. The zero-order valence-corrected chi connectivity index (χ0v) is 13.5. The number of urea groups is 1. The lowest BCUT2D eigenvalue weighted by Crippen LogP contribution is -2.44. The lowest BCUT2D eigenvalue weighted by atomic mass is 9.93. The van der Waals surface area contributed by atoms with Crippen LogP contribution < -0.4 is 5.32 Å². The van der Waals surface area contributed by atoms with Crippen LogP contribution in [0.25, 0.3) is 0 Å². The number of carbonyl (C=O) groups is 2. The Kier molecular flexibility index (Phi) is 4.34. The first-order chi connectivity index (χ1) is 11.5. The van der Waals surface area contributed by atoms with E-state index in [0.717, 1.165) is 10.5 Å².